The number of rotatable bonds is 7. The van der Waals surface area contributed by atoms with Crippen molar-refractivity contribution in [3.8, 4) is 0 Å². The summed E-state index contributed by atoms with van der Waals surface area (Å²) in [5.41, 5.74) is 1.90. The van der Waals surface area contributed by atoms with Crippen LogP contribution >= 0.6 is 0 Å². The van der Waals surface area contributed by atoms with Crippen LogP contribution in [-0.4, -0.2) is 10.2 Å². The van der Waals surface area contributed by atoms with Crippen LogP contribution in [0.15, 0.2) is 6.07 Å². The molecular formula is C15H25FN2. The Hall–Kier alpha value is -0.990. The quantitative estimate of drug-likeness (QED) is 0.665. The van der Waals surface area contributed by atoms with Gasteiger partial charge in [0.2, 0.25) is 5.95 Å². The lowest BCUT2D eigenvalue weighted by Gasteiger charge is -2.29. The lowest BCUT2D eigenvalue weighted by molar-refractivity contribution is 0.387. The van der Waals surface area contributed by atoms with Crippen LogP contribution in [0.1, 0.15) is 70.6 Å². The van der Waals surface area contributed by atoms with Crippen molar-refractivity contribution in [3.05, 3.63) is 23.3 Å². The van der Waals surface area contributed by atoms with E-state index in [0.29, 0.717) is 0 Å². The SMILES string of the molecule is CCCCCCC(C)(CC)c1cc(F)nnc1C. The largest absolute Gasteiger partial charge is 0.233 e. The summed E-state index contributed by atoms with van der Waals surface area (Å²) >= 11 is 0. The van der Waals surface area contributed by atoms with Crippen molar-refractivity contribution in [2.45, 2.75) is 71.6 Å². The molecule has 3 heteroatoms. The highest BCUT2D eigenvalue weighted by Gasteiger charge is 2.27. The molecular weight excluding hydrogens is 227 g/mol. The zero-order valence-electron chi connectivity index (χ0n) is 12.1. The second kappa shape index (κ2) is 6.81. The minimum atomic E-state index is -0.469. The summed E-state index contributed by atoms with van der Waals surface area (Å²) in [4.78, 5) is 0. The Kier molecular flexibility index (Phi) is 5.70. The van der Waals surface area contributed by atoms with E-state index in [1.165, 1.54) is 25.7 Å². The molecule has 0 aromatic carbocycles. The molecule has 0 radical (unpaired) electrons. The molecule has 102 valence electrons. The summed E-state index contributed by atoms with van der Waals surface area (Å²) in [5.74, 6) is -0.469. The normalized spacial score (nSPS) is 14.5. The van der Waals surface area contributed by atoms with E-state index >= 15 is 0 Å². The van der Waals surface area contributed by atoms with Crippen molar-refractivity contribution in [2.24, 2.45) is 0 Å². The lowest BCUT2D eigenvalue weighted by atomic mass is 9.75. The summed E-state index contributed by atoms with van der Waals surface area (Å²) in [5, 5.41) is 7.39. The molecule has 0 bridgehead atoms. The molecule has 1 rings (SSSR count). The molecule has 0 aliphatic rings. The molecule has 1 aromatic rings. The van der Waals surface area contributed by atoms with Gasteiger partial charge in [-0.15, -0.1) is 5.10 Å². The number of aromatic nitrogens is 2. The number of unbranched alkanes of at least 4 members (excludes halogenated alkanes) is 3. The van der Waals surface area contributed by atoms with Gasteiger partial charge in [-0.3, -0.25) is 0 Å². The molecule has 0 aliphatic heterocycles. The maximum absolute atomic E-state index is 13.3. The zero-order chi connectivity index (χ0) is 13.6. The van der Waals surface area contributed by atoms with Gasteiger partial charge in [-0.1, -0.05) is 46.5 Å². The summed E-state index contributed by atoms with van der Waals surface area (Å²) in [6.07, 6.45) is 7.07. The first-order chi connectivity index (χ1) is 8.53. The molecule has 0 fully saturated rings. The van der Waals surface area contributed by atoms with Gasteiger partial charge in [-0.05, 0) is 30.7 Å². The van der Waals surface area contributed by atoms with Gasteiger partial charge in [0.15, 0.2) is 0 Å². The fraction of sp³-hybridized carbons (Fsp3) is 0.733. The molecule has 0 N–H and O–H groups in total. The monoisotopic (exact) mass is 252 g/mol. The van der Waals surface area contributed by atoms with E-state index in [4.69, 9.17) is 0 Å². The number of nitrogens with zero attached hydrogens (tertiary/aromatic N) is 2. The molecule has 0 amide bonds. The maximum atomic E-state index is 13.3. The van der Waals surface area contributed by atoms with E-state index in [1.54, 1.807) is 6.07 Å². The van der Waals surface area contributed by atoms with Crippen molar-refractivity contribution in [3.63, 3.8) is 0 Å². The average Bonchev–Trinajstić information content (AvgIpc) is 2.37. The second-order valence-corrected chi connectivity index (χ2v) is 5.39. The minimum Gasteiger partial charge on any atom is -0.183 e. The van der Waals surface area contributed by atoms with Crippen LogP contribution in [-0.2, 0) is 5.41 Å². The van der Waals surface area contributed by atoms with Gasteiger partial charge in [-0.25, -0.2) is 0 Å². The Morgan fingerprint density at radius 2 is 1.89 bits per heavy atom. The van der Waals surface area contributed by atoms with Crippen molar-refractivity contribution >= 4 is 0 Å². The highest BCUT2D eigenvalue weighted by atomic mass is 19.1. The van der Waals surface area contributed by atoms with Gasteiger partial charge in [0.05, 0.1) is 5.69 Å². The van der Waals surface area contributed by atoms with Gasteiger partial charge < -0.3 is 0 Å². The fourth-order valence-corrected chi connectivity index (χ4v) is 2.48. The molecule has 1 aromatic heterocycles. The highest BCUT2D eigenvalue weighted by Crippen LogP contribution is 2.34. The third-order valence-electron chi connectivity index (χ3n) is 3.96. The predicted octanol–water partition coefficient (Wildman–Crippen LogP) is 4.56. The number of hydrogen-bond donors (Lipinski definition) is 0. The van der Waals surface area contributed by atoms with Crippen LogP contribution in [0, 0.1) is 12.9 Å². The van der Waals surface area contributed by atoms with Crippen LogP contribution in [0.3, 0.4) is 0 Å². The zero-order valence-corrected chi connectivity index (χ0v) is 12.1. The molecule has 2 nitrogen and oxygen atoms in total. The fourth-order valence-electron chi connectivity index (χ4n) is 2.48. The first kappa shape index (κ1) is 15.1. The van der Waals surface area contributed by atoms with E-state index in [9.17, 15) is 4.39 Å². The van der Waals surface area contributed by atoms with Gasteiger partial charge in [0, 0.05) is 6.07 Å². The van der Waals surface area contributed by atoms with E-state index < -0.39 is 5.95 Å². The lowest BCUT2D eigenvalue weighted by Crippen LogP contribution is -2.23. The van der Waals surface area contributed by atoms with Gasteiger partial charge >= 0.3 is 0 Å². The van der Waals surface area contributed by atoms with Gasteiger partial charge in [0.25, 0.3) is 0 Å². The third-order valence-corrected chi connectivity index (χ3v) is 3.96. The first-order valence-corrected chi connectivity index (χ1v) is 7.03. The second-order valence-electron chi connectivity index (χ2n) is 5.39. The Balaban J connectivity index is 2.82. The summed E-state index contributed by atoms with van der Waals surface area (Å²) < 4.78 is 13.3. The van der Waals surface area contributed by atoms with Crippen LogP contribution in [0.2, 0.25) is 0 Å². The Morgan fingerprint density at radius 1 is 1.17 bits per heavy atom. The molecule has 1 atom stereocenters. The van der Waals surface area contributed by atoms with E-state index in [-0.39, 0.29) is 5.41 Å². The highest BCUT2D eigenvalue weighted by molar-refractivity contribution is 5.26. The summed E-state index contributed by atoms with van der Waals surface area (Å²) in [7, 11) is 0. The molecule has 0 aliphatic carbocycles. The summed E-state index contributed by atoms with van der Waals surface area (Å²) in [6, 6.07) is 1.56. The molecule has 18 heavy (non-hydrogen) atoms. The van der Waals surface area contributed by atoms with Gasteiger partial charge in [-0.2, -0.15) is 9.49 Å². The topological polar surface area (TPSA) is 25.8 Å². The Bertz CT molecular complexity index is 379. The minimum absolute atomic E-state index is 0.0224. The predicted molar refractivity (Wildman–Crippen MR) is 73.1 cm³/mol. The van der Waals surface area contributed by atoms with Gasteiger partial charge in [0.1, 0.15) is 0 Å². The smallest absolute Gasteiger partial charge is 0.183 e. The van der Waals surface area contributed by atoms with Crippen LogP contribution < -0.4 is 0 Å². The van der Waals surface area contributed by atoms with E-state index in [0.717, 1.165) is 24.1 Å². The summed E-state index contributed by atoms with van der Waals surface area (Å²) in [6.45, 7) is 8.51. The first-order valence-electron chi connectivity index (χ1n) is 7.03. The standard InChI is InChI=1S/C15H25FN2/c1-5-7-8-9-10-15(4,6-2)13-11-14(16)18-17-12(13)3/h11H,5-10H2,1-4H3. The van der Waals surface area contributed by atoms with Crippen LogP contribution in [0.4, 0.5) is 4.39 Å². The molecule has 0 saturated carbocycles. The number of aryl methyl sites for hydroxylation is 1. The van der Waals surface area contributed by atoms with Crippen molar-refractivity contribution in [1.82, 2.24) is 10.2 Å². The van der Waals surface area contributed by atoms with E-state index in [1.807, 2.05) is 6.92 Å². The number of halogens is 1. The third kappa shape index (κ3) is 3.76. The molecule has 0 spiro atoms. The van der Waals surface area contributed by atoms with Crippen LogP contribution in [0.25, 0.3) is 0 Å². The Labute approximate surface area is 110 Å². The number of hydrogen-bond acceptors (Lipinski definition) is 2. The van der Waals surface area contributed by atoms with Crippen molar-refractivity contribution in [1.29, 1.82) is 0 Å². The van der Waals surface area contributed by atoms with Crippen molar-refractivity contribution < 1.29 is 4.39 Å². The Morgan fingerprint density at radius 3 is 2.50 bits per heavy atom. The molecule has 0 saturated heterocycles. The van der Waals surface area contributed by atoms with Crippen LogP contribution in [0.5, 0.6) is 0 Å². The average molecular weight is 252 g/mol. The van der Waals surface area contributed by atoms with Crippen molar-refractivity contribution in [2.75, 3.05) is 0 Å². The maximum Gasteiger partial charge on any atom is 0.233 e. The van der Waals surface area contributed by atoms with E-state index in [2.05, 4.69) is 31.0 Å². The molecule has 1 unspecified atom stereocenters. The molecule has 1 heterocycles.